The Labute approximate surface area is 98.5 Å². The molecule has 1 aliphatic heterocycles. The number of nitro groups is 1. The fourth-order valence-corrected chi connectivity index (χ4v) is 2.28. The van der Waals surface area contributed by atoms with E-state index in [1.807, 2.05) is 6.92 Å². The summed E-state index contributed by atoms with van der Waals surface area (Å²) in [5.74, 6) is -0.713. The molecular weight excluding hydrogens is 222 g/mol. The van der Waals surface area contributed by atoms with E-state index in [-0.39, 0.29) is 23.4 Å². The fraction of sp³-hybridized carbons (Fsp3) is 0.417. The highest BCUT2D eigenvalue weighted by Crippen LogP contribution is 2.38. The lowest BCUT2D eigenvalue weighted by Gasteiger charge is -2.28. The Morgan fingerprint density at radius 1 is 1.35 bits per heavy atom. The number of carbonyl (C=O) groups excluding carboxylic acids is 1. The summed E-state index contributed by atoms with van der Waals surface area (Å²) < 4.78 is 5.19. The molecule has 5 heteroatoms. The van der Waals surface area contributed by atoms with Crippen molar-refractivity contribution in [2.24, 2.45) is 5.92 Å². The van der Waals surface area contributed by atoms with Gasteiger partial charge in [0.25, 0.3) is 0 Å². The van der Waals surface area contributed by atoms with Gasteiger partial charge in [-0.15, -0.1) is 0 Å². The Kier molecular flexibility index (Phi) is 3.08. The van der Waals surface area contributed by atoms with Crippen molar-refractivity contribution in [3.05, 3.63) is 39.9 Å². The van der Waals surface area contributed by atoms with Crippen LogP contribution >= 0.6 is 0 Å². The van der Waals surface area contributed by atoms with Crippen LogP contribution in [0.15, 0.2) is 24.3 Å². The maximum absolute atomic E-state index is 11.7. The van der Waals surface area contributed by atoms with E-state index in [2.05, 4.69) is 0 Å². The Balaban J connectivity index is 2.42. The molecule has 0 radical (unpaired) electrons. The number of esters is 1. The molecule has 0 unspecified atom stereocenters. The standard InChI is InChI=1S/C12H13NO4/c1-2-8-10(7-13(15)16)9-5-3-4-6-11(9)17-12(8)14/h3-6,8,10H,2,7H2,1H3/t8-,10+/m1/s1. The second-order valence-corrected chi connectivity index (χ2v) is 4.10. The Bertz CT molecular complexity index is 458. The number of hydrogen-bond donors (Lipinski definition) is 0. The van der Waals surface area contributed by atoms with E-state index in [1.165, 1.54) is 0 Å². The number of nitrogens with zero attached hydrogens (tertiary/aromatic N) is 1. The van der Waals surface area contributed by atoms with Gasteiger partial charge in [0.15, 0.2) is 0 Å². The van der Waals surface area contributed by atoms with Crippen LogP contribution in [-0.2, 0) is 4.79 Å². The van der Waals surface area contributed by atoms with Crippen molar-refractivity contribution in [1.82, 2.24) is 0 Å². The van der Waals surface area contributed by atoms with Crippen molar-refractivity contribution in [2.75, 3.05) is 6.54 Å². The molecule has 1 aromatic carbocycles. The summed E-state index contributed by atoms with van der Waals surface area (Å²) >= 11 is 0. The highest BCUT2D eigenvalue weighted by atomic mass is 16.6. The number of ether oxygens (including phenoxy) is 1. The third-order valence-electron chi connectivity index (χ3n) is 3.10. The van der Waals surface area contributed by atoms with Crippen LogP contribution < -0.4 is 4.74 Å². The summed E-state index contributed by atoms with van der Waals surface area (Å²) in [6, 6.07) is 7.02. The zero-order valence-electron chi connectivity index (χ0n) is 9.46. The topological polar surface area (TPSA) is 69.4 Å². The molecule has 0 spiro atoms. The molecule has 1 aromatic rings. The van der Waals surface area contributed by atoms with Crippen molar-refractivity contribution in [3.63, 3.8) is 0 Å². The van der Waals surface area contributed by atoms with Gasteiger partial charge in [-0.25, -0.2) is 0 Å². The second-order valence-electron chi connectivity index (χ2n) is 4.10. The van der Waals surface area contributed by atoms with Crippen LogP contribution in [0.4, 0.5) is 0 Å². The van der Waals surface area contributed by atoms with Crippen molar-refractivity contribution < 1.29 is 14.5 Å². The maximum atomic E-state index is 11.7. The van der Waals surface area contributed by atoms with E-state index < -0.39 is 5.92 Å². The number of hydrogen-bond acceptors (Lipinski definition) is 4. The summed E-state index contributed by atoms with van der Waals surface area (Å²) in [4.78, 5) is 22.1. The van der Waals surface area contributed by atoms with Gasteiger partial charge in [-0.2, -0.15) is 0 Å². The number of para-hydroxylation sites is 1. The van der Waals surface area contributed by atoms with Gasteiger partial charge in [-0.3, -0.25) is 14.9 Å². The molecule has 90 valence electrons. The second kappa shape index (κ2) is 4.53. The van der Waals surface area contributed by atoms with E-state index >= 15 is 0 Å². The minimum absolute atomic E-state index is 0.232. The van der Waals surface area contributed by atoms with Crippen LogP contribution in [0.5, 0.6) is 5.75 Å². The largest absolute Gasteiger partial charge is 0.426 e. The molecule has 17 heavy (non-hydrogen) atoms. The molecule has 5 nitrogen and oxygen atoms in total. The third-order valence-corrected chi connectivity index (χ3v) is 3.10. The van der Waals surface area contributed by atoms with Crippen LogP contribution in [0.3, 0.4) is 0 Å². The molecule has 0 aromatic heterocycles. The molecule has 0 saturated carbocycles. The van der Waals surface area contributed by atoms with E-state index in [0.29, 0.717) is 12.2 Å². The van der Waals surface area contributed by atoms with Crippen LogP contribution in [0.25, 0.3) is 0 Å². The number of carbonyl (C=O) groups is 1. The first-order valence-corrected chi connectivity index (χ1v) is 5.56. The molecule has 0 bridgehead atoms. The SMILES string of the molecule is CC[C@H]1C(=O)Oc2ccccc2[C@H]1C[N+](=O)[O-]. The van der Waals surface area contributed by atoms with Crippen molar-refractivity contribution in [2.45, 2.75) is 19.3 Å². The molecular formula is C12H13NO4. The normalized spacial score (nSPS) is 22.8. The van der Waals surface area contributed by atoms with E-state index in [0.717, 1.165) is 5.56 Å². The molecule has 0 N–H and O–H groups in total. The molecule has 0 fully saturated rings. The zero-order chi connectivity index (χ0) is 12.4. The van der Waals surface area contributed by atoms with Crippen LogP contribution in [-0.4, -0.2) is 17.4 Å². The van der Waals surface area contributed by atoms with Crippen molar-refractivity contribution >= 4 is 5.97 Å². The predicted molar refractivity (Wildman–Crippen MR) is 60.5 cm³/mol. The van der Waals surface area contributed by atoms with E-state index in [4.69, 9.17) is 4.74 Å². The average Bonchev–Trinajstić information content (AvgIpc) is 2.28. The number of benzene rings is 1. The first-order valence-electron chi connectivity index (χ1n) is 5.56. The summed E-state index contributed by atoms with van der Waals surface area (Å²) in [6.45, 7) is 1.61. The highest BCUT2D eigenvalue weighted by molar-refractivity contribution is 5.79. The maximum Gasteiger partial charge on any atom is 0.315 e. The fourth-order valence-electron chi connectivity index (χ4n) is 2.28. The van der Waals surface area contributed by atoms with Crippen molar-refractivity contribution in [3.8, 4) is 5.75 Å². The zero-order valence-corrected chi connectivity index (χ0v) is 9.46. The van der Waals surface area contributed by atoms with Gasteiger partial charge in [0.05, 0.1) is 11.8 Å². The lowest BCUT2D eigenvalue weighted by molar-refractivity contribution is -0.484. The number of rotatable bonds is 3. The molecule has 0 amide bonds. The lowest BCUT2D eigenvalue weighted by atomic mass is 9.82. The van der Waals surface area contributed by atoms with Gasteiger partial charge >= 0.3 is 5.97 Å². The molecule has 1 aliphatic rings. The predicted octanol–water partition coefficient (Wildman–Crippen LogP) is 1.99. The molecule has 0 saturated heterocycles. The quantitative estimate of drug-likeness (QED) is 0.347. The summed E-state index contributed by atoms with van der Waals surface area (Å²) in [5, 5.41) is 10.7. The molecule has 2 atom stereocenters. The van der Waals surface area contributed by atoms with Gasteiger partial charge < -0.3 is 4.74 Å². The summed E-state index contributed by atoms with van der Waals surface area (Å²) in [7, 11) is 0. The van der Waals surface area contributed by atoms with Crippen molar-refractivity contribution in [1.29, 1.82) is 0 Å². The number of fused-ring (bicyclic) bond motifs is 1. The van der Waals surface area contributed by atoms with E-state index in [1.54, 1.807) is 24.3 Å². The summed E-state index contributed by atoms with van der Waals surface area (Å²) in [6.07, 6.45) is 0.547. The minimum Gasteiger partial charge on any atom is -0.426 e. The minimum atomic E-state index is -0.421. The van der Waals surface area contributed by atoms with Crippen LogP contribution in [0, 0.1) is 16.0 Å². The lowest BCUT2D eigenvalue weighted by Crippen LogP contribution is -2.34. The Morgan fingerprint density at radius 3 is 2.71 bits per heavy atom. The molecule has 0 aliphatic carbocycles. The summed E-state index contributed by atoms with van der Waals surface area (Å²) in [5.41, 5.74) is 0.760. The van der Waals surface area contributed by atoms with Gasteiger partial charge in [0.2, 0.25) is 6.54 Å². The highest BCUT2D eigenvalue weighted by Gasteiger charge is 2.39. The van der Waals surface area contributed by atoms with Gasteiger partial charge in [0.1, 0.15) is 5.75 Å². The monoisotopic (exact) mass is 235 g/mol. The Morgan fingerprint density at radius 2 is 2.06 bits per heavy atom. The van der Waals surface area contributed by atoms with Crippen LogP contribution in [0.1, 0.15) is 24.8 Å². The van der Waals surface area contributed by atoms with Gasteiger partial charge in [0, 0.05) is 10.5 Å². The first kappa shape index (κ1) is 11.6. The first-order chi connectivity index (χ1) is 8.13. The Hall–Kier alpha value is -1.91. The van der Waals surface area contributed by atoms with E-state index in [9.17, 15) is 14.9 Å². The molecule has 1 heterocycles. The van der Waals surface area contributed by atoms with Gasteiger partial charge in [-0.05, 0) is 12.5 Å². The van der Waals surface area contributed by atoms with Crippen LogP contribution in [0.2, 0.25) is 0 Å². The molecule has 2 rings (SSSR count). The average molecular weight is 235 g/mol. The smallest absolute Gasteiger partial charge is 0.315 e. The van der Waals surface area contributed by atoms with Gasteiger partial charge in [-0.1, -0.05) is 25.1 Å². The third kappa shape index (κ3) is 2.13.